The molecule has 2 rings (SSSR count). The molecule has 0 aliphatic carbocycles. The second-order valence-electron chi connectivity index (χ2n) is 4.36. The number of hydrogen-bond acceptors (Lipinski definition) is 3. The Bertz CT molecular complexity index is 339. The molecule has 0 spiro atoms. The highest BCUT2D eigenvalue weighted by atomic mass is 32.1. The van der Waals surface area contributed by atoms with Gasteiger partial charge in [-0.3, -0.25) is 10.2 Å². The third-order valence-corrected chi connectivity index (χ3v) is 3.90. The van der Waals surface area contributed by atoms with Crippen LogP contribution in [0.15, 0.2) is 16.8 Å². The summed E-state index contributed by atoms with van der Waals surface area (Å²) in [5.41, 5.74) is 3.63. The molecule has 4 nitrogen and oxygen atoms in total. The van der Waals surface area contributed by atoms with Crippen molar-refractivity contribution in [3.05, 3.63) is 22.4 Å². The molecule has 1 aromatic rings. The van der Waals surface area contributed by atoms with Crippen LogP contribution in [0.5, 0.6) is 0 Å². The van der Waals surface area contributed by atoms with Gasteiger partial charge in [0.2, 0.25) is 5.91 Å². The fourth-order valence-corrected chi connectivity index (χ4v) is 3.00. The predicted octanol–water partition coefficient (Wildman–Crippen LogP) is -0.467. The van der Waals surface area contributed by atoms with Gasteiger partial charge in [0.1, 0.15) is 6.54 Å². The van der Waals surface area contributed by atoms with Gasteiger partial charge in [0.15, 0.2) is 0 Å². The van der Waals surface area contributed by atoms with Crippen molar-refractivity contribution in [3.63, 3.8) is 0 Å². The third kappa shape index (κ3) is 2.81. The maximum Gasteiger partial charge on any atom is 0.242 e. The first-order valence-corrected chi connectivity index (χ1v) is 6.59. The Morgan fingerprint density at radius 1 is 1.69 bits per heavy atom. The molecule has 0 radical (unpaired) electrons. The number of nitrogens with two attached hydrogens (primary N) is 1. The molecule has 4 N–H and O–H groups in total. The maximum atomic E-state index is 11.5. The van der Waals surface area contributed by atoms with Crippen LogP contribution in [0.2, 0.25) is 0 Å². The molecule has 1 fully saturated rings. The highest BCUT2D eigenvalue weighted by molar-refractivity contribution is 7.07. The molecule has 1 aliphatic heterocycles. The summed E-state index contributed by atoms with van der Waals surface area (Å²) in [5.74, 6) is 5.26. The summed E-state index contributed by atoms with van der Waals surface area (Å²) in [6.45, 7) is 3.08. The summed E-state index contributed by atoms with van der Waals surface area (Å²) >= 11 is 1.73. The lowest BCUT2D eigenvalue weighted by Gasteiger charge is -2.28. The van der Waals surface area contributed by atoms with Crippen LogP contribution >= 0.6 is 11.3 Å². The number of quaternary nitrogens is 1. The van der Waals surface area contributed by atoms with Crippen molar-refractivity contribution in [2.45, 2.75) is 19.4 Å². The van der Waals surface area contributed by atoms with Gasteiger partial charge in [0.05, 0.1) is 19.0 Å². The monoisotopic (exact) mass is 240 g/mol. The Morgan fingerprint density at radius 3 is 3.25 bits per heavy atom. The molecule has 0 saturated carbocycles. The van der Waals surface area contributed by atoms with E-state index in [1.807, 2.05) is 0 Å². The van der Waals surface area contributed by atoms with Crippen molar-refractivity contribution in [1.29, 1.82) is 0 Å². The third-order valence-electron chi connectivity index (χ3n) is 3.17. The first-order chi connectivity index (χ1) is 7.79. The number of carbonyl (C=O) groups excluding carboxylic acids is 1. The van der Waals surface area contributed by atoms with Gasteiger partial charge in [-0.2, -0.15) is 11.3 Å². The number of rotatable bonds is 3. The number of hydrazine groups is 1. The van der Waals surface area contributed by atoms with Crippen LogP contribution in [0.3, 0.4) is 0 Å². The van der Waals surface area contributed by atoms with E-state index >= 15 is 0 Å². The molecule has 0 aromatic carbocycles. The number of amides is 1. The van der Waals surface area contributed by atoms with E-state index in [9.17, 15) is 4.79 Å². The average molecular weight is 240 g/mol. The molecule has 0 bridgehead atoms. The quantitative estimate of drug-likeness (QED) is 0.380. The number of likely N-dealkylation sites (tertiary alicyclic amines) is 1. The molecule has 1 aliphatic rings. The van der Waals surface area contributed by atoms with Crippen molar-refractivity contribution in [2.24, 2.45) is 11.8 Å². The number of hydrogen-bond donors (Lipinski definition) is 3. The average Bonchev–Trinajstić information content (AvgIpc) is 2.81. The van der Waals surface area contributed by atoms with Crippen LogP contribution in [0.25, 0.3) is 0 Å². The molecule has 5 heteroatoms. The normalized spacial score (nSPS) is 25.3. The fraction of sp³-hybridized carbons (Fsp3) is 0.545. The first-order valence-electron chi connectivity index (χ1n) is 5.64. The van der Waals surface area contributed by atoms with Gasteiger partial charge in [0, 0.05) is 5.56 Å². The Hall–Kier alpha value is -0.910. The van der Waals surface area contributed by atoms with E-state index in [0.29, 0.717) is 0 Å². The van der Waals surface area contributed by atoms with Crippen molar-refractivity contribution in [1.82, 2.24) is 5.43 Å². The summed E-state index contributed by atoms with van der Waals surface area (Å²) < 4.78 is 0. The molecule has 2 atom stereocenters. The zero-order valence-electron chi connectivity index (χ0n) is 9.24. The van der Waals surface area contributed by atoms with Crippen LogP contribution in [0, 0.1) is 5.92 Å². The Labute approximate surface area is 99.4 Å². The van der Waals surface area contributed by atoms with Crippen molar-refractivity contribution < 1.29 is 9.69 Å². The van der Waals surface area contributed by atoms with Gasteiger partial charge in [-0.15, -0.1) is 0 Å². The summed E-state index contributed by atoms with van der Waals surface area (Å²) in [4.78, 5) is 13.0. The first kappa shape index (κ1) is 11.6. The van der Waals surface area contributed by atoms with Crippen LogP contribution in [0.4, 0.5) is 0 Å². The van der Waals surface area contributed by atoms with E-state index in [2.05, 4.69) is 22.3 Å². The molecule has 1 saturated heterocycles. The topological polar surface area (TPSA) is 59.6 Å². The lowest BCUT2D eigenvalue weighted by atomic mass is 9.97. The minimum absolute atomic E-state index is 0.0116. The maximum absolute atomic E-state index is 11.5. The predicted molar refractivity (Wildman–Crippen MR) is 63.8 cm³/mol. The zero-order valence-corrected chi connectivity index (χ0v) is 10.1. The van der Waals surface area contributed by atoms with E-state index in [4.69, 9.17) is 5.84 Å². The van der Waals surface area contributed by atoms with Gasteiger partial charge in [-0.1, -0.05) is 0 Å². The standard InChI is InChI=1S/C11H17N3OS/c12-13-11(15)10-2-1-4-14(7-10)6-9-3-5-16-8-9/h3,5,8,10H,1-2,4,6-7,12H2,(H,13,15)/p+1/t10-/m0/s1. The lowest BCUT2D eigenvalue weighted by molar-refractivity contribution is -0.921. The molecule has 88 valence electrons. The van der Waals surface area contributed by atoms with Gasteiger partial charge in [-0.25, -0.2) is 5.84 Å². The van der Waals surface area contributed by atoms with Gasteiger partial charge in [0.25, 0.3) is 0 Å². The molecule has 1 aromatic heterocycles. The van der Waals surface area contributed by atoms with E-state index in [0.717, 1.165) is 32.5 Å². The van der Waals surface area contributed by atoms with Gasteiger partial charge >= 0.3 is 0 Å². The second kappa shape index (κ2) is 5.43. The molecular formula is C11H18N3OS+. The highest BCUT2D eigenvalue weighted by Gasteiger charge is 2.28. The van der Waals surface area contributed by atoms with Crippen molar-refractivity contribution in [2.75, 3.05) is 13.1 Å². The van der Waals surface area contributed by atoms with E-state index in [1.54, 1.807) is 11.3 Å². The number of piperidine rings is 1. The minimum atomic E-state index is -0.0116. The molecule has 16 heavy (non-hydrogen) atoms. The fourth-order valence-electron chi connectivity index (χ4n) is 2.34. The highest BCUT2D eigenvalue weighted by Crippen LogP contribution is 2.09. The van der Waals surface area contributed by atoms with Crippen molar-refractivity contribution >= 4 is 17.2 Å². The van der Waals surface area contributed by atoms with Crippen LogP contribution in [0.1, 0.15) is 18.4 Å². The summed E-state index contributed by atoms with van der Waals surface area (Å²) in [6.07, 6.45) is 2.08. The molecular weight excluding hydrogens is 222 g/mol. The summed E-state index contributed by atoms with van der Waals surface area (Å²) in [5, 5.41) is 4.28. The molecule has 1 amide bonds. The second-order valence-corrected chi connectivity index (χ2v) is 5.14. The zero-order chi connectivity index (χ0) is 11.4. The largest absolute Gasteiger partial charge is 0.330 e. The van der Waals surface area contributed by atoms with E-state index in [-0.39, 0.29) is 11.8 Å². The van der Waals surface area contributed by atoms with Crippen molar-refractivity contribution in [3.8, 4) is 0 Å². The van der Waals surface area contributed by atoms with Gasteiger partial charge in [-0.05, 0) is 29.7 Å². The molecule has 1 unspecified atom stereocenters. The lowest BCUT2D eigenvalue weighted by Crippen LogP contribution is -3.12. The summed E-state index contributed by atoms with van der Waals surface area (Å²) in [6, 6.07) is 2.16. The van der Waals surface area contributed by atoms with E-state index in [1.165, 1.54) is 10.5 Å². The SMILES string of the molecule is NNC(=O)[C@H]1CCC[NH+](Cc2ccsc2)C1. The number of thiophene rings is 1. The van der Waals surface area contributed by atoms with Gasteiger partial charge < -0.3 is 4.90 Å². The van der Waals surface area contributed by atoms with Crippen LogP contribution in [-0.4, -0.2) is 19.0 Å². The number of nitrogens with one attached hydrogen (secondary N) is 2. The number of carbonyl (C=O) groups is 1. The Kier molecular flexibility index (Phi) is 3.93. The van der Waals surface area contributed by atoms with E-state index < -0.39 is 0 Å². The minimum Gasteiger partial charge on any atom is -0.330 e. The smallest absolute Gasteiger partial charge is 0.242 e. The summed E-state index contributed by atoms with van der Waals surface area (Å²) in [7, 11) is 0. The molecule has 2 heterocycles. The van der Waals surface area contributed by atoms with Crippen LogP contribution in [-0.2, 0) is 11.3 Å². The van der Waals surface area contributed by atoms with Crippen LogP contribution < -0.4 is 16.2 Å². The Balaban J connectivity index is 1.89. The Morgan fingerprint density at radius 2 is 2.56 bits per heavy atom.